The maximum absolute atomic E-state index is 12.7. The molecule has 1 aromatic carbocycles. The van der Waals surface area contributed by atoms with E-state index < -0.39 is 0 Å². The van der Waals surface area contributed by atoms with E-state index in [1.807, 2.05) is 24.3 Å². The first kappa shape index (κ1) is 10.4. The maximum Gasteiger partial charge on any atom is 0.119 e. The largest absolute Gasteiger partial charge is 0.497 e. The number of alkyl halides is 1. The van der Waals surface area contributed by atoms with Crippen molar-refractivity contribution in [2.75, 3.05) is 26.9 Å². The summed E-state index contributed by atoms with van der Waals surface area (Å²) >= 11 is 0. The monoisotopic (exact) mass is 209 g/mol. The summed E-state index contributed by atoms with van der Waals surface area (Å²) < 4.78 is 17.9. The van der Waals surface area contributed by atoms with E-state index in [1.54, 1.807) is 7.11 Å². The normalized spacial score (nSPS) is 25.5. The van der Waals surface area contributed by atoms with Crippen molar-refractivity contribution in [2.24, 2.45) is 5.92 Å². The number of ether oxygens (including phenoxy) is 1. The van der Waals surface area contributed by atoms with Crippen LogP contribution in [0.3, 0.4) is 0 Å². The van der Waals surface area contributed by atoms with Crippen molar-refractivity contribution in [3.05, 3.63) is 29.8 Å². The van der Waals surface area contributed by atoms with Crippen molar-refractivity contribution < 1.29 is 9.13 Å². The first-order valence-corrected chi connectivity index (χ1v) is 5.25. The number of benzene rings is 1. The molecule has 1 aliphatic rings. The molecule has 15 heavy (non-hydrogen) atoms. The minimum atomic E-state index is -0.255. The molecule has 1 aliphatic heterocycles. The summed E-state index contributed by atoms with van der Waals surface area (Å²) in [6.07, 6.45) is 0. The number of rotatable bonds is 3. The zero-order chi connectivity index (χ0) is 10.7. The van der Waals surface area contributed by atoms with E-state index in [1.165, 1.54) is 5.56 Å². The van der Waals surface area contributed by atoms with E-state index in [4.69, 9.17) is 4.74 Å². The Morgan fingerprint density at radius 2 is 2.33 bits per heavy atom. The molecule has 3 heteroatoms. The van der Waals surface area contributed by atoms with Crippen molar-refractivity contribution >= 4 is 0 Å². The molecule has 82 valence electrons. The predicted molar refractivity (Wildman–Crippen MR) is 58.1 cm³/mol. The molecular weight excluding hydrogens is 193 g/mol. The Balaban J connectivity index is 2.20. The summed E-state index contributed by atoms with van der Waals surface area (Å²) in [6, 6.07) is 7.92. The molecule has 2 nitrogen and oxygen atoms in total. The molecule has 1 aromatic rings. The minimum absolute atomic E-state index is 0.108. The van der Waals surface area contributed by atoms with Crippen molar-refractivity contribution in [2.45, 2.75) is 5.92 Å². The van der Waals surface area contributed by atoms with Crippen LogP contribution < -0.4 is 10.1 Å². The highest BCUT2D eigenvalue weighted by atomic mass is 19.1. The van der Waals surface area contributed by atoms with Crippen LogP contribution in [0.15, 0.2) is 24.3 Å². The van der Waals surface area contributed by atoms with Crippen molar-refractivity contribution in [1.82, 2.24) is 5.32 Å². The molecular formula is C12H16FNO. The smallest absolute Gasteiger partial charge is 0.119 e. The Bertz CT molecular complexity index is 329. The van der Waals surface area contributed by atoms with Crippen molar-refractivity contribution in [3.8, 4) is 5.75 Å². The molecule has 2 rings (SSSR count). The van der Waals surface area contributed by atoms with Crippen molar-refractivity contribution in [3.63, 3.8) is 0 Å². The second-order valence-electron chi connectivity index (χ2n) is 3.96. The Morgan fingerprint density at radius 1 is 1.47 bits per heavy atom. The molecule has 0 aliphatic carbocycles. The molecule has 0 radical (unpaired) electrons. The quantitative estimate of drug-likeness (QED) is 0.821. The highest BCUT2D eigenvalue weighted by Crippen LogP contribution is 2.30. The lowest BCUT2D eigenvalue weighted by molar-refractivity contribution is 0.357. The third kappa shape index (κ3) is 2.12. The van der Waals surface area contributed by atoms with Gasteiger partial charge in [-0.05, 0) is 17.7 Å². The molecule has 0 aromatic heterocycles. The first-order valence-electron chi connectivity index (χ1n) is 5.25. The summed E-state index contributed by atoms with van der Waals surface area (Å²) in [5, 5.41) is 3.23. The number of halogens is 1. The van der Waals surface area contributed by atoms with Crippen LogP contribution in [0, 0.1) is 5.92 Å². The minimum Gasteiger partial charge on any atom is -0.497 e. The molecule has 1 fully saturated rings. The highest BCUT2D eigenvalue weighted by Gasteiger charge is 2.28. The summed E-state index contributed by atoms with van der Waals surface area (Å²) in [4.78, 5) is 0. The van der Waals surface area contributed by atoms with E-state index in [0.29, 0.717) is 0 Å². The van der Waals surface area contributed by atoms with Gasteiger partial charge in [0.1, 0.15) is 5.75 Å². The van der Waals surface area contributed by atoms with E-state index in [-0.39, 0.29) is 18.5 Å². The fourth-order valence-electron chi connectivity index (χ4n) is 2.16. The Labute approximate surface area is 89.4 Å². The summed E-state index contributed by atoms with van der Waals surface area (Å²) in [7, 11) is 1.65. The number of methoxy groups -OCH3 is 1. The van der Waals surface area contributed by atoms with Gasteiger partial charge in [0, 0.05) is 24.9 Å². The third-order valence-electron chi connectivity index (χ3n) is 3.06. The number of hydrogen-bond acceptors (Lipinski definition) is 2. The van der Waals surface area contributed by atoms with Gasteiger partial charge in [-0.15, -0.1) is 0 Å². The fourth-order valence-corrected chi connectivity index (χ4v) is 2.16. The Hall–Kier alpha value is -1.09. The van der Waals surface area contributed by atoms with Gasteiger partial charge >= 0.3 is 0 Å². The molecule has 2 unspecified atom stereocenters. The van der Waals surface area contributed by atoms with Gasteiger partial charge in [0.05, 0.1) is 13.8 Å². The van der Waals surface area contributed by atoms with Crippen LogP contribution in [0.5, 0.6) is 5.75 Å². The Morgan fingerprint density at radius 3 is 3.07 bits per heavy atom. The van der Waals surface area contributed by atoms with Gasteiger partial charge in [-0.2, -0.15) is 0 Å². The van der Waals surface area contributed by atoms with Crippen LogP contribution in [-0.2, 0) is 0 Å². The summed E-state index contributed by atoms with van der Waals surface area (Å²) in [6.45, 7) is 1.38. The fraction of sp³-hybridized carbons (Fsp3) is 0.500. The molecule has 0 saturated carbocycles. The second-order valence-corrected chi connectivity index (χ2v) is 3.96. The van der Waals surface area contributed by atoms with Gasteiger partial charge in [-0.25, -0.2) is 0 Å². The lowest BCUT2D eigenvalue weighted by atomic mass is 9.90. The van der Waals surface area contributed by atoms with E-state index >= 15 is 0 Å². The van der Waals surface area contributed by atoms with Crippen LogP contribution in [0.25, 0.3) is 0 Å². The molecule has 1 N–H and O–H groups in total. The van der Waals surface area contributed by atoms with Gasteiger partial charge in [-0.3, -0.25) is 4.39 Å². The zero-order valence-electron chi connectivity index (χ0n) is 8.87. The third-order valence-corrected chi connectivity index (χ3v) is 3.06. The molecule has 1 saturated heterocycles. The number of hydrogen-bond donors (Lipinski definition) is 1. The summed E-state index contributed by atoms with van der Waals surface area (Å²) in [5.41, 5.74) is 1.17. The van der Waals surface area contributed by atoms with E-state index in [2.05, 4.69) is 5.32 Å². The average molecular weight is 209 g/mol. The van der Waals surface area contributed by atoms with Crippen LogP contribution in [0.4, 0.5) is 4.39 Å². The predicted octanol–water partition coefficient (Wildman–Crippen LogP) is 1.97. The van der Waals surface area contributed by atoms with Crippen LogP contribution in [0.1, 0.15) is 11.5 Å². The topological polar surface area (TPSA) is 21.3 Å². The first-order chi connectivity index (χ1) is 7.35. The van der Waals surface area contributed by atoms with Gasteiger partial charge in [0.25, 0.3) is 0 Å². The average Bonchev–Trinajstić information content (AvgIpc) is 2.77. The molecule has 2 atom stereocenters. The molecule has 0 bridgehead atoms. The van der Waals surface area contributed by atoms with Gasteiger partial charge < -0.3 is 10.1 Å². The molecule has 0 spiro atoms. The maximum atomic E-state index is 12.7. The van der Waals surface area contributed by atoms with Gasteiger partial charge in [0.15, 0.2) is 0 Å². The molecule has 0 amide bonds. The Kier molecular flexibility index (Phi) is 3.21. The SMILES string of the molecule is COc1cccc(C2CNCC2CF)c1. The summed E-state index contributed by atoms with van der Waals surface area (Å²) in [5.74, 6) is 1.24. The van der Waals surface area contributed by atoms with Crippen LogP contribution >= 0.6 is 0 Å². The lowest BCUT2D eigenvalue weighted by Gasteiger charge is -2.16. The number of nitrogens with one attached hydrogen (secondary N) is 1. The lowest BCUT2D eigenvalue weighted by Crippen LogP contribution is -2.12. The van der Waals surface area contributed by atoms with Crippen molar-refractivity contribution in [1.29, 1.82) is 0 Å². The highest BCUT2D eigenvalue weighted by molar-refractivity contribution is 5.32. The second kappa shape index (κ2) is 4.62. The molecule has 1 heterocycles. The van der Waals surface area contributed by atoms with Crippen LogP contribution in [0.2, 0.25) is 0 Å². The zero-order valence-corrected chi connectivity index (χ0v) is 8.87. The van der Waals surface area contributed by atoms with Gasteiger partial charge in [0.2, 0.25) is 0 Å². The van der Waals surface area contributed by atoms with Gasteiger partial charge in [-0.1, -0.05) is 12.1 Å². The van der Waals surface area contributed by atoms with E-state index in [0.717, 1.165) is 18.8 Å². The van der Waals surface area contributed by atoms with Crippen LogP contribution in [-0.4, -0.2) is 26.9 Å². The van der Waals surface area contributed by atoms with E-state index in [9.17, 15) is 4.39 Å². The standard InChI is InChI=1S/C12H16FNO/c1-15-11-4-2-3-9(5-11)12-8-14-7-10(12)6-13/h2-5,10,12,14H,6-8H2,1H3.